The highest BCUT2D eigenvalue weighted by Crippen LogP contribution is 2.55. The number of aldehydes is 2. The zero-order valence-corrected chi connectivity index (χ0v) is 37.5. The summed E-state index contributed by atoms with van der Waals surface area (Å²) in [4.78, 5) is 78.2. The van der Waals surface area contributed by atoms with E-state index in [1.807, 2.05) is 10.7 Å². The average Bonchev–Trinajstić information content (AvgIpc) is 4.19. The number of aryl methyl sites for hydroxylation is 1. The summed E-state index contributed by atoms with van der Waals surface area (Å²) >= 11 is 6.09. The van der Waals surface area contributed by atoms with Gasteiger partial charge in [0.05, 0.1) is 28.4 Å². The van der Waals surface area contributed by atoms with Crippen LogP contribution in [0.1, 0.15) is 132 Å². The smallest absolute Gasteiger partial charge is 0.276 e. The summed E-state index contributed by atoms with van der Waals surface area (Å²) in [7, 11) is 3.75. The fraction of sp³-hybridized carbons (Fsp3) is 0.388. The molecule has 336 valence electrons. The number of hydrogen-bond acceptors (Lipinski definition) is 10. The molecule has 0 spiro atoms. The second-order valence-electron chi connectivity index (χ2n) is 18.9. The van der Waals surface area contributed by atoms with Gasteiger partial charge in [-0.15, -0.1) is 0 Å². The van der Waals surface area contributed by atoms with E-state index >= 15 is 0 Å². The van der Waals surface area contributed by atoms with Crippen LogP contribution in [0.4, 0.5) is 23.1 Å². The molecule has 0 saturated heterocycles. The Bertz CT molecular complexity index is 3130. The van der Waals surface area contributed by atoms with E-state index in [1.54, 1.807) is 47.4 Å². The lowest BCUT2D eigenvalue weighted by atomic mass is 9.98. The first-order valence-corrected chi connectivity index (χ1v) is 23.3. The first-order valence-electron chi connectivity index (χ1n) is 23.0. The van der Waals surface area contributed by atoms with Gasteiger partial charge in [0.15, 0.2) is 18.4 Å². The lowest BCUT2D eigenvalue weighted by molar-refractivity contribution is 0.0955. The largest absolute Gasteiger partial charge is 0.338 e. The molecule has 16 nitrogen and oxygen atoms in total. The van der Waals surface area contributed by atoms with Gasteiger partial charge in [0.25, 0.3) is 17.4 Å². The van der Waals surface area contributed by atoms with Crippen molar-refractivity contribution in [2.24, 2.45) is 7.05 Å². The van der Waals surface area contributed by atoms with Crippen LogP contribution in [-0.4, -0.2) is 89.4 Å². The number of amides is 2. The Labute approximate surface area is 384 Å². The van der Waals surface area contributed by atoms with Gasteiger partial charge < -0.3 is 19.0 Å². The molecule has 4 aliphatic carbocycles. The summed E-state index contributed by atoms with van der Waals surface area (Å²) in [6.45, 7) is 4.88. The third-order valence-corrected chi connectivity index (χ3v) is 15.6. The van der Waals surface area contributed by atoms with Crippen molar-refractivity contribution in [2.75, 3.05) is 41.8 Å². The van der Waals surface area contributed by atoms with Crippen LogP contribution < -0.4 is 20.7 Å². The molecule has 2 amide bonds. The minimum absolute atomic E-state index is 0.0899. The van der Waals surface area contributed by atoms with Gasteiger partial charge in [0.1, 0.15) is 28.7 Å². The first kappa shape index (κ1) is 40.8. The van der Waals surface area contributed by atoms with Crippen molar-refractivity contribution in [3.63, 3.8) is 0 Å². The second-order valence-corrected chi connectivity index (χ2v) is 19.3. The minimum atomic E-state index is -0.210. The first-order chi connectivity index (χ1) is 32.1. The van der Waals surface area contributed by atoms with Crippen LogP contribution in [0.2, 0.25) is 5.02 Å². The topological polar surface area (TPSA) is 165 Å². The van der Waals surface area contributed by atoms with Crippen LogP contribution in [0, 0.1) is 0 Å². The van der Waals surface area contributed by atoms with E-state index in [0.29, 0.717) is 100 Å². The van der Waals surface area contributed by atoms with E-state index in [9.17, 15) is 24.0 Å². The van der Waals surface area contributed by atoms with Crippen molar-refractivity contribution in [1.29, 1.82) is 0 Å². The summed E-state index contributed by atoms with van der Waals surface area (Å²) in [6, 6.07) is 11.2. The SMILES string of the molecule is CN1CCn2nc(Nc3cc(-c4ccnc(N5CCn6c(cc7c6[C@@H]6CC[C@H]7C6)C5=O)c4C=O)cn(C)c3=O)cc2C1.O=Cc1c(Cl)ccnc1N1CCn2c(cc3c2[C@@H]2CC[C@H]3C2)C1=O. The van der Waals surface area contributed by atoms with E-state index < -0.39 is 0 Å². The molecule has 7 aliphatic rings. The van der Waals surface area contributed by atoms with Gasteiger partial charge in [0, 0.05) is 99.8 Å². The van der Waals surface area contributed by atoms with Crippen LogP contribution in [0.3, 0.4) is 0 Å². The Kier molecular flexibility index (Phi) is 9.58. The quantitative estimate of drug-likeness (QED) is 0.168. The highest BCUT2D eigenvalue weighted by molar-refractivity contribution is 6.33. The minimum Gasteiger partial charge on any atom is -0.338 e. The summed E-state index contributed by atoms with van der Waals surface area (Å²) in [6.07, 6.45) is 13.6. The number of anilines is 4. The van der Waals surface area contributed by atoms with Gasteiger partial charge in [-0.2, -0.15) is 5.10 Å². The van der Waals surface area contributed by atoms with Crippen molar-refractivity contribution >= 4 is 59.1 Å². The van der Waals surface area contributed by atoms with Crippen molar-refractivity contribution in [1.82, 2.24) is 38.3 Å². The Hall–Kier alpha value is -6.65. The third kappa shape index (κ3) is 6.28. The lowest BCUT2D eigenvalue weighted by Crippen LogP contribution is -2.41. The predicted octanol–water partition coefficient (Wildman–Crippen LogP) is 6.85. The highest BCUT2D eigenvalue weighted by atomic mass is 35.5. The Morgan fingerprint density at radius 2 is 1.29 bits per heavy atom. The van der Waals surface area contributed by atoms with E-state index in [0.717, 1.165) is 43.9 Å². The second kappa shape index (κ2) is 15.5. The molecule has 4 atom stereocenters. The van der Waals surface area contributed by atoms with E-state index in [1.165, 1.54) is 71.8 Å². The summed E-state index contributed by atoms with van der Waals surface area (Å²) in [5, 5.41) is 8.17. The van der Waals surface area contributed by atoms with Crippen LogP contribution in [0.15, 0.2) is 59.8 Å². The van der Waals surface area contributed by atoms with Gasteiger partial charge in [-0.1, -0.05) is 11.6 Å². The Morgan fingerprint density at radius 1 is 0.697 bits per heavy atom. The molecule has 0 aromatic carbocycles. The number of hydrogen-bond donors (Lipinski definition) is 1. The maximum absolute atomic E-state index is 13.8. The van der Waals surface area contributed by atoms with Gasteiger partial charge >= 0.3 is 0 Å². The number of carbonyl (C=O) groups excluding carboxylic acids is 4. The number of likely N-dealkylation sites (N-methyl/N-ethyl adjacent to an activating group) is 1. The number of halogens is 1. The number of nitrogens with zero attached hydrogens (tertiary/aromatic N) is 10. The van der Waals surface area contributed by atoms with E-state index in [-0.39, 0.29) is 22.9 Å². The molecule has 13 rings (SSSR count). The van der Waals surface area contributed by atoms with Crippen molar-refractivity contribution < 1.29 is 19.2 Å². The molecule has 6 aromatic heterocycles. The Balaban J connectivity index is 0.000000160. The monoisotopic (exact) mass is 905 g/mol. The molecule has 1 N–H and O–H groups in total. The van der Waals surface area contributed by atoms with Gasteiger partial charge in [-0.05, 0) is 104 Å². The molecule has 0 radical (unpaired) electrons. The average molecular weight is 906 g/mol. The van der Waals surface area contributed by atoms with E-state index in [4.69, 9.17) is 11.6 Å². The number of pyridine rings is 3. The van der Waals surface area contributed by atoms with Crippen LogP contribution in [0.25, 0.3) is 11.1 Å². The zero-order valence-electron chi connectivity index (χ0n) is 36.7. The van der Waals surface area contributed by atoms with Crippen molar-refractivity contribution in [3.8, 4) is 11.1 Å². The molecular formula is C49H48ClN11O5. The number of aromatic nitrogens is 7. The fourth-order valence-corrected chi connectivity index (χ4v) is 12.4. The summed E-state index contributed by atoms with van der Waals surface area (Å²) < 4.78 is 7.86. The molecule has 4 bridgehead atoms. The van der Waals surface area contributed by atoms with Gasteiger partial charge in [0.2, 0.25) is 0 Å². The number of fused-ring (bicyclic) bond motifs is 15. The predicted molar refractivity (Wildman–Crippen MR) is 248 cm³/mol. The molecule has 9 heterocycles. The zero-order chi connectivity index (χ0) is 45.1. The number of nitrogens with one attached hydrogen (secondary N) is 1. The standard InChI is InChI=1S/C31H32N8O3.C18H16ClN3O2/c1-35-7-10-39-21(16-35)13-27(34-39)33-25-12-20(15-36(2)30(25)41)22-5-6-32-29(24(22)17-40)38-9-8-37-26(31(38)42)14-23-18-3-4-19(11-18)28(23)37;19-14-3-4-20-17(13(14)9-23)22-6-5-21-15(18(22)24)8-12-10-1-2-11(7-10)16(12)21/h5-6,12-15,17-19H,3-4,7-11,16H2,1-2H3,(H,33,34);3-4,8-11H,1-2,5-7H2/t18-,19+;10-,11+/m00/s1. The van der Waals surface area contributed by atoms with Gasteiger partial charge in [-0.25, -0.2) is 9.97 Å². The number of carbonyl (C=O) groups is 4. The maximum atomic E-state index is 13.8. The molecule has 0 unspecified atom stereocenters. The maximum Gasteiger partial charge on any atom is 0.276 e. The molecule has 2 fully saturated rings. The third-order valence-electron chi connectivity index (χ3n) is 15.3. The van der Waals surface area contributed by atoms with Crippen LogP contribution in [-0.2, 0) is 33.2 Å². The van der Waals surface area contributed by atoms with Gasteiger partial charge in [-0.3, -0.25) is 43.4 Å². The van der Waals surface area contributed by atoms with Crippen LogP contribution in [0.5, 0.6) is 0 Å². The van der Waals surface area contributed by atoms with Crippen molar-refractivity contribution in [2.45, 2.75) is 88.4 Å². The molecule has 6 aromatic rings. The molecule has 3 aliphatic heterocycles. The molecular weight excluding hydrogens is 858 g/mol. The number of rotatable bonds is 7. The summed E-state index contributed by atoms with van der Waals surface area (Å²) in [5.74, 6) is 3.46. The molecule has 17 heteroatoms. The van der Waals surface area contributed by atoms with Crippen LogP contribution >= 0.6 is 11.6 Å². The Morgan fingerprint density at radius 3 is 1.91 bits per heavy atom. The lowest BCUT2D eigenvalue weighted by Gasteiger charge is -2.30. The highest BCUT2D eigenvalue weighted by Gasteiger charge is 2.45. The summed E-state index contributed by atoms with van der Waals surface area (Å²) in [5.41, 5.74) is 9.94. The fourth-order valence-electron chi connectivity index (χ4n) is 12.2. The van der Waals surface area contributed by atoms with Crippen molar-refractivity contribution in [3.05, 3.63) is 121 Å². The molecule has 2 saturated carbocycles. The van der Waals surface area contributed by atoms with E-state index in [2.05, 4.69) is 53.6 Å². The normalized spacial score (nSPS) is 22.1. The molecule has 66 heavy (non-hydrogen) atoms.